The Morgan fingerprint density at radius 2 is 1.71 bits per heavy atom. The van der Waals surface area contributed by atoms with Crippen LogP contribution >= 0.6 is 0 Å². The summed E-state index contributed by atoms with van der Waals surface area (Å²) in [5.74, 6) is 0. The van der Waals surface area contributed by atoms with E-state index in [4.69, 9.17) is 0 Å². The normalized spacial score (nSPS) is 17.1. The van der Waals surface area contributed by atoms with E-state index in [-0.39, 0.29) is 0 Å². The summed E-state index contributed by atoms with van der Waals surface area (Å²) in [5.41, 5.74) is 3.54. The van der Waals surface area contributed by atoms with Crippen molar-refractivity contribution in [1.29, 1.82) is 0 Å². The highest BCUT2D eigenvalue weighted by molar-refractivity contribution is 5.48. The molecule has 0 saturated carbocycles. The third kappa shape index (κ3) is 2.04. The third-order valence-electron chi connectivity index (χ3n) is 2.55. The largest absolute Gasteiger partial charge is 0.369 e. The monoisotopic (exact) mass is 191 g/mol. The lowest BCUT2D eigenvalue weighted by atomic mass is 10.2. The Morgan fingerprint density at radius 3 is 2.29 bits per heavy atom. The number of hydrogen-bond donors (Lipinski definition) is 1. The SMILES string of the molecule is Cc1cc(N2CCNCC2)cc(C)n1. The zero-order chi connectivity index (χ0) is 9.97. The van der Waals surface area contributed by atoms with E-state index in [1.54, 1.807) is 0 Å². The van der Waals surface area contributed by atoms with Gasteiger partial charge < -0.3 is 10.2 Å². The third-order valence-corrected chi connectivity index (χ3v) is 2.55. The van der Waals surface area contributed by atoms with Gasteiger partial charge in [0.1, 0.15) is 0 Å². The van der Waals surface area contributed by atoms with E-state index in [1.165, 1.54) is 5.69 Å². The molecule has 0 spiro atoms. The Hall–Kier alpha value is -1.09. The standard InChI is InChI=1S/C11H17N3/c1-9-7-11(8-10(2)13-9)14-5-3-12-4-6-14/h7-8,12H,3-6H2,1-2H3. The summed E-state index contributed by atoms with van der Waals surface area (Å²) in [5, 5.41) is 3.36. The fourth-order valence-corrected chi connectivity index (χ4v) is 1.92. The Morgan fingerprint density at radius 1 is 1.14 bits per heavy atom. The van der Waals surface area contributed by atoms with Crippen molar-refractivity contribution in [2.75, 3.05) is 31.1 Å². The molecular formula is C11H17N3. The molecule has 76 valence electrons. The van der Waals surface area contributed by atoms with Gasteiger partial charge in [0.15, 0.2) is 0 Å². The van der Waals surface area contributed by atoms with Gasteiger partial charge in [-0.15, -0.1) is 0 Å². The fraction of sp³-hybridized carbons (Fsp3) is 0.545. The average molecular weight is 191 g/mol. The van der Waals surface area contributed by atoms with Gasteiger partial charge in [0, 0.05) is 43.3 Å². The van der Waals surface area contributed by atoms with Crippen LogP contribution in [0.25, 0.3) is 0 Å². The lowest BCUT2D eigenvalue weighted by Gasteiger charge is -2.29. The fourth-order valence-electron chi connectivity index (χ4n) is 1.92. The summed E-state index contributed by atoms with van der Waals surface area (Å²) >= 11 is 0. The first-order chi connectivity index (χ1) is 6.75. The molecule has 0 unspecified atom stereocenters. The van der Waals surface area contributed by atoms with Crippen LogP contribution in [0.5, 0.6) is 0 Å². The first-order valence-electron chi connectivity index (χ1n) is 5.17. The zero-order valence-electron chi connectivity index (χ0n) is 8.88. The molecule has 1 N–H and O–H groups in total. The Kier molecular flexibility index (Phi) is 2.68. The summed E-state index contributed by atoms with van der Waals surface area (Å²) in [6.45, 7) is 8.48. The minimum atomic E-state index is 1.08. The molecule has 1 aliphatic heterocycles. The number of pyridine rings is 1. The number of nitrogens with zero attached hydrogens (tertiary/aromatic N) is 2. The molecule has 0 radical (unpaired) electrons. The van der Waals surface area contributed by atoms with Crippen LogP contribution in [0.1, 0.15) is 11.4 Å². The van der Waals surface area contributed by atoms with Gasteiger partial charge in [-0.3, -0.25) is 4.98 Å². The van der Waals surface area contributed by atoms with Crippen LogP contribution in [-0.4, -0.2) is 31.2 Å². The quantitative estimate of drug-likeness (QED) is 0.720. The summed E-state index contributed by atoms with van der Waals surface area (Å²) in [6, 6.07) is 4.33. The van der Waals surface area contributed by atoms with Gasteiger partial charge in [0.25, 0.3) is 0 Å². The second-order valence-electron chi connectivity index (χ2n) is 3.85. The molecule has 2 rings (SSSR count). The predicted octanol–water partition coefficient (Wildman–Crippen LogP) is 1.11. The molecule has 1 fully saturated rings. The highest BCUT2D eigenvalue weighted by Gasteiger charge is 2.10. The molecular weight excluding hydrogens is 174 g/mol. The number of anilines is 1. The Bertz CT molecular complexity index is 296. The smallest absolute Gasteiger partial charge is 0.0403 e. The molecule has 0 aromatic carbocycles. The predicted molar refractivity (Wildman–Crippen MR) is 58.8 cm³/mol. The van der Waals surface area contributed by atoms with Gasteiger partial charge in [-0.1, -0.05) is 0 Å². The summed E-state index contributed by atoms with van der Waals surface area (Å²) in [7, 11) is 0. The van der Waals surface area contributed by atoms with Crippen LogP contribution in [0.2, 0.25) is 0 Å². The van der Waals surface area contributed by atoms with E-state index in [9.17, 15) is 0 Å². The highest BCUT2D eigenvalue weighted by atomic mass is 15.2. The second kappa shape index (κ2) is 3.96. The van der Waals surface area contributed by atoms with Crippen molar-refractivity contribution < 1.29 is 0 Å². The minimum Gasteiger partial charge on any atom is -0.369 e. The van der Waals surface area contributed by atoms with Crippen LogP contribution in [0.4, 0.5) is 5.69 Å². The summed E-state index contributed by atoms with van der Waals surface area (Å²) in [6.07, 6.45) is 0. The van der Waals surface area contributed by atoms with Gasteiger partial charge in [0.2, 0.25) is 0 Å². The van der Waals surface area contributed by atoms with Crippen LogP contribution in [0.3, 0.4) is 0 Å². The van der Waals surface area contributed by atoms with Crippen LogP contribution in [-0.2, 0) is 0 Å². The minimum absolute atomic E-state index is 1.08. The highest BCUT2D eigenvalue weighted by Crippen LogP contribution is 2.16. The molecule has 2 heterocycles. The average Bonchev–Trinajstić information content (AvgIpc) is 2.18. The molecule has 14 heavy (non-hydrogen) atoms. The lowest BCUT2D eigenvalue weighted by Crippen LogP contribution is -2.43. The van der Waals surface area contributed by atoms with Crippen molar-refractivity contribution in [1.82, 2.24) is 10.3 Å². The van der Waals surface area contributed by atoms with E-state index >= 15 is 0 Å². The van der Waals surface area contributed by atoms with Gasteiger partial charge in [0.05, 0.1) is 0 Å². The Balaban J connectivity index is 2.21. The zero-order valence-corrected chi connectivity index (χ0v) is 8.88. The maximum Gasteiger partial charge on any atom is 0.0403 e. The number of hydrogen-bond acceptors (Lipinski definition) is 3. The van der Waals surface area contributed by atoms with Gasteiger partial charge in [-0.05, 0) is 26.0 Å². The molecule has 1 saturated heterocycles. The van der Waals surface area contributed by atoms with Crippen LogP contribution < -0.4 is 10.2 Å². The van der Waals surface area contributed by atoms with Crippen molar-refractivity contribution in [2.24, 2.45) is 0 Å². The number of aromatic nitrogens is 1. The number of rotatable bonds is 1. The number of piperazine rings is 1. The van der Waals surface area contributed by atoms with Gasteiger partial charge in [-0.2, -0.15) is 0 Å². The van der Waals surface area contributed by atoms with E-state index in [1.807, 2.05) is 0 Å². The lowest BCUT2D eigenvalue weighted by molar-refractivity contribution is 0.589. The van der Waals surface area contributed by atoms with Crippen molar-refractivity contribution >= 4 is 5.69 Å². The van der Waals surface area contributed by atoms with E-state index in [0.717, 1.165) is 37.6 Å². The Labute approximate surface area is 85.1 Å². The maximum absolute atomic E-state index is 4.39. The summed E-state index contributed by atoms with van der Waals surface area (Å²) < 4.78 is 0. The van der Waals surface area contributed by atoms with Crippen LogP contribution in [0, 0.1) is 13.8 Å². The van der Waals surface area contributed by atoms with E-state index in [0.29, 0.717) is 0 Å². The number of aryl methyl sites for hydroxylation is 2. The maximum atomic E-state index is 4.39. The number of nitrogens with one attached hydrogen (secondary N) is 1. The van der Waals surface area contributed by atoms with Crippen molar-refractivity contribution in [3.63, 3.8) is 0 Å². The molecule has 3 heteroatoms. The first-order valence-corrected chi connectivity index (χ1v) is 5.17. The van der Waals surface area contributed by atoms with Crippen molar-refractivity contribution in [3.05, 3.63) is 23.5 Å². The van der Waals surface area contributed by atoms with Crippen molar-refractivity contribution in [3.8, 4) is 0 Å². The van der Waals surface area contributed by atoms with E-state index in [2.05, 4.69) is 41.2 Å². The molecule has 0 aliphatic carbocycles. The topological polar surface area (TPSA) is 28.2 Å². The molecule has 0 bridgehead atoms. The second-order valence-corrected chi connectivity index (χ2v) is 3.85. The van der Waals surface area contributed by atoms with Crippen LogP contribution in [0.15, 0.2) is 12.1 Å². The molecule has 1 aromatic heterocycles. The van der Waals surface area contributed by atoms with Gasteiger partial charge in [-0.25, -0.2) is 0 Å². The molecule has 1 aromatic rings. The van der Waals surface area contributed by atoms with Gasteiger partial charge >= 0.3 is 0 Å². The van der Waals surface area contributed by atoms with Crippen molar-refractivity contribution in [2.45, 2.75) is 13.8 Å². The molecule has 3 nitrogen and oxygen atoms in total. The summed E-state index contributed by atoms with van der Waals surface area (Å²) in [4.78, 5) is 6.80. The van der Waals surface area contributed by atoms with E-state index < -0.39 is 0 Å². The molecule has 0 amide bonds. The first kappa shape index (κ1) is 9.46. The molecule has 0 atom stereocenters. The molecule has 1 aliphatic rings.